The lowest BCUT2D eigenvalue weighted by Crippen LogP contribution is -2.41. The molecule has 0 atom stereocenters. The van der Waals surface area contributed by atoms with E-state index in [1.807, 2.05) is 60.7 Å². The fraction of sp³-hybridized carbons (Fsp3) is 0.200. The fourth-order valence-corrected chi connectivity index (χ4v) is 4.80. The standard InChI is InChI=1S/C25H24N6O3S/c1-17-22(35-25(26-17)30-12-14-34-15-13-30)24(33)28-27-23(32)20-16-31(19-10-6-3-7-11-19)29-21(20)18-8-4-2-5-9-18/h2-11,16H,12-15H2,1H3,(H,27,32)(H,28,33). The first kappa shape index (κ1) is 22.8. The van der Waals surface area contributed by atoms with E-state index in [1.54, 1.807) is 17.8 Å². The number of morpholine rings is 1. The molecule has 2 aromatic heterocycles. The minimum absolute atomic E-state index is 0.343. The first-order valence-corrected chi connectivity index (χ1v) is 12.0. The molecule has 0 radical (unpaired) electrons. The zero-order chi connectivity index (χ0) is 24.2. The highest BCUT2D eigenvalue weighted by atomic mass is 32.1. The van der Waals surface area contributed by atoms with Crippen LogP contribution in [-0.2, 0) is 4.74 Å². The topological polar surface area (TPSA) is 101 Å². The Morgan fingerprint density at radius 3 is 2.31 bits per heavy atom. The van der Waals surface area contributed by atoms with Crippen molar-refractivity contribution in [3.63, 3.8) is 0 Å². The van der Waals surface area contributed by atoms with Crippen LogP contribution in [0.25, 0.3) is 16.9 Å². The number of nitrogens with one attached hydrogen (secondary N) is 2. The minimum Gasteiger partial charge on any atom is -0.378 e. The van der Waals surface area contributed by atoms with Crippen LogP contribution in [0.5, 0.6) is 0 Å². The average Bonchev–Trinajstić information content (AvgIpc) is 3.53. The van der Waals surface area contributed by atoms with Crippen LogP contribution in [0.1, 0.15) is 25.7 Å². The van der Waals surface area contributed by atoms with Crippen molar-refractivity contribution in [1.29, 1.82) is 0 Å². The predicted octanol–water partition coefficient (Wildman–Crippen LogP) is 3.22. The molecule has 2 aromatic carbocycles. The van der Waals surface area contributed by atoms with E-state index in [0.29, 0.717) is 35.0 Å². The third-order valence-electron chi connectivity index (χ3n) is 5.59. The predicted molar refractivity (Wildman–Crippen MR) is 134 cm³/mol. The molecule has 1 aliphatic rings. The number of carbonyl (C=O) groups is 2. The molecule has 2 N–H and O–H groups in total. The van der Waals surface area contributed by atoms with Gasteiger partial charge in [-0.3, -0.25) is 20.4 Å². The number of ether oxygens (including phenoxy) is 1. The van der Waals surface area contributed by atoms with E-state index in [9.17, 15) is 9.59 Å². The molecule has 0 unspecified atom stereocenters. The lowest BCUT2D eigenvalue weighted by Gasteiger charge is -2.25. The van der Waals surface area contributed by atoms with E-state index in [2.05, 4.69) is 25.8 Å². The Morgan fingerprint density at radius 1 is 0.943 bits per heavy atom. The molecule has 4 aromatic rings. The summed E-state index contributed by atoms with van der Waals surface area (Å²) in [5.74, 6) is -0.875. The second-order valence-electron chi connectivity index (χ2n) is 7.96. The molecule has 10 heteroatoms. The maximum atomic E-state index is 13.1. The van der Waals surface area contributed by atoms with Crippen LogP contribution in [0.3, 0.4) is 0 Å². The first-order valence-electron chi connectivity index (χ1n) is 11.2. The van der Waals surface area contributed by atoms with E-state index < -0.39 is 11.8 Å². The molecule has 1 fully saturated rings. The number of aryl methyl sites for hydroxylation is 1. The van der Waals surface area contributed by atoms with Crippen LogP contribution < -0.4 is 15.8 Å². The van der Waals surface area contributed by atoms with Gasteiger partial charge in [0, 0.05) is 24.8 Å². The van der Waals surface area contributed by atoms with Crippen LogP contribution in [-0.4, -0.2) is 52.9 Å². The molecule has 3 heterocycles. The van der Waals surface area contributed by atoms with Crippen molar-refractivity contribution >= 4 is 28.3 Å². The Bertz CT molecular complexity index is 1330. The van der Waals surface area contributed by atoms with Gasteiger partial charge in [0.1, 0.15) is 10.6 Å². The van der Waals surface area contributed by atoms with Crippen molar-refractivity contribution < 1.29 is 14.3 Å². The third-order valence-corrected chi connectivity index (χ3v) is 6.81. The van der Waals surface area contributed by atoms with Gasteiger partial charge in [-0.1, -0.05) is 59.9 Å². The van der Waals surface area contributed by atoms with Gasteiger partial charge in [0.15, 0.2) is 5.13 Å². The number of amides is 2. The van der Waals surface area contributed by atoms with Gasteiger partial charge in [-0.25, -0.2) is 9.67 Å². The summed E-state index contributed by atoms with van der Waals surface area (Å²) in [7, 11) is 0. The third kappa shape index (κ3) is 4.93. The molecule has 0 bridgehead atoms. The molecule has 0 saturated carbocycles. The van der Waals surface area contributed by atoms with E-state index in [4.69, 9.17) is 4.74 Å². The maximum Gasteiger partial charge on any atom is 0.281 e. The van der Waals surface area contributed by atoms with Crippen molar-refractivity contribution in [2.45, 2.75) is 6.92 Å². The monoisotopic (exact) mass is 488 g/mol. The van der Waals surface area contributed by atoms with Gasteiger partial charge in [0.05, 0.1) is 30.2 Å². The van der Waals surface area contributed by atoms with Gasteiger partial charge >= 0.3 is 0 Å². The van der Waals surface area contributed by atoms with Crippen LogP contribution in [0.4, 0.5) is 5.13 Å². The number of para-hydroxylation sites is 1. The normalized spacial score (nSPS) is 13.5. The number of benzene rings is 2. The zero-order valence-corrected chi connectivity index (χ0v) is 19.9. The van der Waals surface area contributed by atoms with Crippen LogP contribution in [0.2, 0.25) is 0 Å². The number of anilines is 1. The van der Waals surface area contributed by atoms with Gasteiger partial charge in [-0.15, -0.1) is 0 Å². The molecule has 1 aliphatic heterocycles. The number of hydrazine groups is 1. The summed E-state index contributed by atoms with van der Waals surface area (Å²) in [6.45, 7) is 4.53. The van der Waals surface area contributed by atoms with E-state index in [-0.39, 0.29) is 0 Å². The molecule has 2 amide bonds. The highest BCUT2D eigenvalue weighted by Gasteiger charge is 2.23. The molecule has 0 spiro atoms. The molecule has 35 heavy (non-hydrogen) atoms. The molecular weight excluding hydrogens is 464 g/mol. The van der Waals surface area contributed by atoms with Gasteiger partial charge in [0.2, 0.25) is 0 Å². The summed E-state index contributed by atoms with van der Waals surface area (Å²) >= 11 is 1.30. The molecule has 5 rings (SSSR count). The SMILES string of the molecule is Cc1nc(N2CCOCC2)sc1C(=O)NNC(=O)c1cn(-c2ccccc2)nc1-c1ccccc1. The highest BCUT2D eigenvalue weighted by Crippen LogP contribution is 2.27. The van der Waals surface area contributed by atoms with Gasteiger partial charge < -0.3 is 9.64 Å². The van der Waals surface area contributed by atoms with Gasteiger partial charge in [-0.05, 0) is 19.1 Å². The summed E-state index contributed by atoms with van der Waals surface area (Å²) in [5, 5.41) is 5.42. The molecule has 178 valence electrons. The average molecular weight is 489 g/mol. The summed E-state index contributed by atoms with van der Waals surface area (Å²) < 4.78 is 7.04. The molecule has 0 aliphatic carbocycles. The first-order chi connectivity index (χ1) is 17.1. The molecular formula is C25H24N6O3S. The quantitative estimate of drug-likeness (QED) is 0.419. The van der Waals surface area contributed by atoms with E-state index in [0.717, 1.165) is 29.5 Å². The largest absolute Gasteiger partial charge is 0.378 e. The summed E-state index contributed by atoms with van der Waals surface area (Å²) in [6.07, 6.45) is 1.66. The van der Waals surface area contributed by atoms with E-state index >= 15 is 0 Å². The Kier molecular flexibility index (Phi) is 6.55. The minimum atomic E-state index is -0.463. The van der Waals surface area contributed by atoms with Gasteiger partial charge in [-0.2, -0.15) is 5.10 Å². The number of thiazole rings is 1. The van der Waals surface area contributed by atoms with Crippen molar-refractivity contribution in [2.75, 3.05) is 31.2 Å². The number of rotatable bonds is 5. The van der Waals surface area contributed by atoms with Crippen LogP contribution in [0.15, 0.2) is 66.9 Å². The molecule has 1 saturated heterocycles. The zero-order valence-electron chi connectivity index (χ0n) is 19.1. The fourth-order valence-electron chi connectivity index (χ4n) is 3.78. The Labute approximate surface area is 206 Å². The Hall–Kier alpha value is -4.02. The van der Waals surface area contributed by atoms with Crippen LogP contribution >= 0.6 is 11.3 Å². The Morgan fingerprint density at radius 2 is 1.60 bits per heavy atom. The summed E-state index contributed by atoms with van der Waals surface area (Å²) in [5.41, 5.74) is 8.17. The lowest BCUT2D eigenvalue weighted by molar-refractivity contribution is 0.0848. The van der Waals surface area contributed by atoms with Crippen LogP contribution in [0, 0.1) is 6.92 Å². The van der Waals surface area contributed by atoms with Crippen molar-refractivity contribution in [3.8, 4) is 16.9 Å². The van der Waals surface area contributed by atoms with Crippen molar-refractivity contribution in [3.05, 3.63) is 83.0 Å². The summed E-state index contributed by atoms with van der Waals surface area (Å²) in [4.78, 5) is 33.1. The molecule has 9 nitrogen and oxygen atoms in total. The highest BCUT2D eigenvalue weighted by molar-refractivity contribution is 7.17. The van der Waals surface area contributed by atoms with Gasteiger partial charge in [0.25, 0.3) is 11.8 Å². The number of hydrogen-bond donors (Lipinski definition) is 2. The Balaban J connectivity index is 1.35. The van der Waals surface area contributed by atoms with Crippen molar-refractivity contribution in [1.82, 2.24) is 25.6 Å². The number of aromatic nitrogens is 3. The lowest BCUT2D eigenvalue weighted by atomic mass is 10.1. The van der Waals surface area contributed by atoms with Crippen molar-refractivity contribution in [2.24, 2.45) is 0 Å². The van der Waals surface area contributed by atoms with E-state index in [1.165, 1.54) is 11.3 Å². The number of hydrogen-bond acceptors (Lipinski definition) is 7. The smallest absolute Gasteiger partial charge is 0.281 e. The maximum absolute atomic E-state index is 13.1. The number of carbonyl (C=O) groups excluding carboxylic acids is 2. The second-order valence-corrected chi connectivity index (χ2v) is 8.93. The second kappa shape index (κ2) is 10.1. The summed E-state index contributed by atoms with van der Waals surface area (Å²) in [6, 6.07) is 19.0. The number of nitrogens with zero attached hydrogens (tertiary/aromatic N) is 4.